The fraction of sp³-hybridized carbons (Fsp3) is 0.522. The molecular formula is C23H33N7O3S. The van der Waals surface area contributed by atoms with Crippen molar-refractivity contribution in [1.82, 2.24) is 30.1 Å². The Bertz CT molecular complexity index is 985. The number of aromatic nitrogens is 3. The largest absolute Gasteiger partial charge is 0.390 e. The van der Waals surface area contributed by atoms with Crippen LogP contribution in [0.5, 0.6) is 0 Å². The third-order valence-corrected chi connectivity index (χ3v) is 6.21. The number of rotatable bonds is 7. The zero-order valence-electron chi connectivity index (χ0n) is 19.4. The van der Waals surface area contributed by atoms with Gasteiger partial charge in [-0.25, -0.2) is 9.97 Å². The molecule has 2 aromatic rings. The number of β-amino-alcohol motifs (C(OH)–C–C–N with tert-alkyl or cyclic N) is 1. The van der Waals surface area contributed by atoms with Gasteiger partial charge in [-0.15, -0.1) is 0 Å². The van der Waals surface area contributed by atoms with Gasteiger partial charge in [0.05, 0.1) is 11.8 Å². The van der Waals surface area contributed by atoms with Gasteiger partial charge in [0.15, 0.2) is 0 Å². The Morgan fingerprint density at radius 2 is 2.00 bits per heavy atom. The number of aliphatic hydroxyl groups is 1. The van der Waals surface area contributed by atoms with Crippen molar-refractivity contribution in [2.75, 3.05) is 38.0 Å². The van der Waals surface area contributed by atoms with Crippen LogP contribution in [0.4, 0.5) is 5.82 Å². The monoisotopic (exact) mass is 487 g/mol. The van der Waals surface area contributed by atoms with Gasteiger partial charge >= 0.3 is 0 Å². The highest BCUT2D eigenvalue weighted by atomic mass is 32.1. The van der Waals surface area contributed by atoms with Gasteiger partial charge < -0.3 is 20.6 Å². The molecule has 2 amide bonds. The van der Waals surface area contributed by atoms with Crippen LogP contribution < -0.4 is 10.6 Å². The predicted molar refractivity (Wildman–Crippen MR) is 133 cm³/mol. The smallest absolute Gasteiger partial charge is 0.270 e. The molecule has 1 atom stereocenters. The van der Waals surface area contributed by atoms with Crippen LogP contribution in [0, 0.1) is 0 Å². The van der Waals surface area contributed by atoms with Gasteiger partial charge in [0.25, 0.3) is 5.91 Å². The second-order valence-electron chi connectivity index (χ2n) is 8.67. The van der Waals surface area contributed by atoms with E-state index in [0.29, 0.717) is 32.0 Å². The molecule has 2 aliphatic rings. The van der Waals surface area contributed by atoms with Crippen molar-refractivity contribution >= 4 is 31.1 Å². The van der Waals surface area contributed by atoms with Crippen LogP contribution in [-0.4, -0.2) is 86.5 Å². The maximum atomic E-state index is 12.6. The molecule has 0 spiro atoms. The molecule has 11 heteroatoms. The number of anilines is 1. The minimum atomic E-state index is -0.690. The second-order valence-corrected chi connectivity index (χ2v) is 8.67. The van der Waals surface area contributed by atoms with E-state index in [0.717, 1.165) is 31.5 Å². The molecule has 1 saturated heterocycles. The first-order valence-corrected chi connectivity index (χ1v) is 11.4. The summed E-state index contributed by atoms with van der Waals surface area (Å²) in [5.41, 5.74) is 2.55. The van der Waals surface area contributed by atoms with E-state index < -0.39 is 6.10 Å². The van der Waals surface area contributed by atoms with Crippen molar-refractivity contribution in [3.05, 3.63) is 47.7 Å². The molecule has 0 aromatic carbocycles. The molecule has 2 aromatic heterocycles. The lowest BCUT2D eigenvalue weighted by Gasteiger charge is -2.31. The number of fused-ring (bicyclic) bond motifs is 1. The highest BCUT2D eigenvalue weighted by Crippen LogP contribution is 2.17. The average Bonchev–Trinajstić information content (AvgIpc) is 2.83. The van der Waals surface area contributed by atoms with Crippen LogP contribution in [0.1, 0.15) is 41.5 Å². The fourth-order valence-corrected chi connectivity index (χ4v) is 4.34. The predicted octanol–water partition coefficient (Wildman–Crippen LogP) is 0.556. The number of nitrogens with zero attached hydrogens (tertiary/aromatic N) is 5. The third-order valence-electron chi connectivity index (χ3n) is 6.21. The van der Waals surface area contributed by atoms with Crippen molar-refractivity contribution in [2.24, 2.45) is 0 Å². The molecule has 0 saturated carbocycles. The number of amides is 2. The van der Waals surface area contributed by atoms with Crippen LogP contribution in [-0.2, 0) is 17.8 Å². The maximum Gasteiger partial charge on any atom is 0.270 e. The zero-order valence-corrected chi connectivity index (χ0v) is 20.4. The maximum absolute atomic E-state index is 12.6. The van der Waals surface area contributed by atoms with Gasteiger partial charge in [-0.2, -0.15) is 13.5 Å². The van der Waals surface area contributed by atoms with E-state index >= 15 is 0 Å². The second kappa shape index (κ2) is 12.1. The molecule has 4 heterocycles. The lowest BCUT2D eigenvalue weighted by molar-refractivity contribution is -0.129. The first kappa shape index (κ1) is 25.9. The normalized spacial score (nSPS) is 17.3. The van der Waals surface area contributed by atoms with E-state index in [2.05, 4.69) is 36.6 Å². The number of aliphatic hydroxyl groups excluding tert-OH is 1. The standard InChI is InChI=1S/C23H31N7O3.H2S/c1-16(31)30-9-5-18(6-10-30)28-22-11-20(26-15-27-22)23(33)25-12-19(32)13-29-8-4-17-3-2-7-24-21(17)14-29;/h2-3,7,11,15,18-19,32H,4-6,8-10,12-14H2,1H3,(H,25,33)(H,26,27,28);1H2/t19-;/m0./s1. The molecule has 0 unspecified atom stereocenters. The van der Waals surface area contributed by atoms with Gasteiger partial charge in [-0.3, -0.25) is 19.5 Å². The number of carbonyl (C=O) groups excluding carboxylic acids is 2. The number of hydrogen-bond donors (Lipinski definition) is 3. The summed E-state index contributed by atoms with van der Waals surface area (Å²) in [5, 5.41) is 16.5. The average molecular weight is 488 g/mol. The van der Waals surface area contributed by atoms with E-state index in [1.165, 1.54) is 11.9 Å². The van der Waals surface area contributed by atoms with E-state index in [1.54, 1.807) is 19.2 Å². The summed E-state index contributed by atoms with van der Waals surface area (Å²) >= 11 is 0. The van der Waals surface area contributed by atoms with Crippen LogP contribution >= 0.6 is 13.5 Å². The lowest BCUT2D eigenvalue weighted by Crippen LogP contribution is -2.42. The minimum Gasteiger partial charge on any atom is -0.390 e. The van der Waals surface area contributed by atoms with Gasteiger partial charge in [0.2, 0.25) is 5.91 Å². The Labute approximate surface area is 206 Å². The Morgan fingerprint density at radius 3 is 2.76 bits per heavy atom. The number of carbonyl (C=O) groups is 2. The van der Waals surface area contributed by atoms with E-state index in [1.807, 2.05) is 11.0 Å². The molecule has 10 nitrogen and oxygen atoms in total. The van der Waals surface area contributed by atoms with Crippen molar-refractivity contribution < 1.29 is 14.7 Å². The van der Waals surface area contributed by atoms with Crippen molar-refractivity contribution in [3.8, 4) is 0 Å². The molecular weight excluding hydrogens is 454 g/mol. The summed E-state index contributed by atoms with van der Waals surface area (Å²) in [6, 6.07) is 5.85. The molecule has 0 radical (unpaired) electrons. The highest BCUT2D eigenvalue weighted by molar-refractivity contribution is 7.59. The lowest BCUT2D eigenvalue weighted by atomic mass is 10.0. The van der Waals surface area contributed by atoms with E-state index in [-0.39, 0.29) is 43.6 Å². The van der Waals surface area contributed by atoms with Gasteiger partial charge in [-0.05, 0) is 30.9 Å². The molecule has 0 aliphatic carbocycles. The Kier molecular flexibility index (Phi) is 9.20. The van der Waals surface area contributed by atoms with Crippen LogP contribution in [0.2, 0.25) is 0 Å². The Morgan fingerprint density at radius 1 is 1.21 bits per heavy atom. The molecule has 2 aliphatic heterocycles. The molecule has 3 N–H and O–H groups in total. The van der Waals surface area contributed by atoms with E-state index in [9.17, 15) is 14.7 Å². The summed E-state index contributed by atoms with van der Waals surface area (Å²) in [4.78, 5) is 40.7. The van der Waals surface area contributed by atoms with Crippen LogP contribution in [0.25, 0.3) is 0 Å². The van der Waals surface area contributed by atoms with Gasteiger partial charge in [-0.1, -0.05) is 6.07 Å². The fourth-order valence-electron chi connectivity index (χ4n) is 4.34. The Hall–Kier alpha value is -2.76. The number of likely N-dealkylation sites (tertiary alicyclic amines) is 1. The van der Waals surface area contributed by atoms with Crippen molar-refractivity contribution in [2.45, 2.75) is 44.9 Å². The molecule has 1 fully saturated rings. The summed E-state index contributed by atoms with van der Waals surface area (Å²) in [6.45, 7) is 5.17. The highest BCUT2D eigenvalue weighted by Gasteiger charge is 2.22. The van der Waals surface area contributed by atoms with Gasteiger partial charge in [0.1, 0.15) is 17.8 Å². The molecule has 184 valence electrons. The zero-order chi connectivity index (χ0) is 23.2. The third kappa shape index (κ3) is 6.87. The summed E-state index contributed by atoms with van der Waals surface area (Å²) < 4.78 is 0. The van der Waals surface area contributed by atoms with Crippen molar-refractivity contribution in [3.63, 3.8) is 0 Å². The van der Waals surface area contributed by atoms with Gasteiger partial charge in [0, 0.05) is 64.5 Å². The van der Waals surface area contributed by atoms with Crippen molar-refractivity contribution in [1.29, 1.82) is 0 Å². The number of hydrogen-bond acceptors (Lipinski definition) is 8. The number of nitrogens with one attached hydrogen (secondary N) is 2. The first-order chi connectivity index (χ1) is 16.0. The molecule has 34 heavy (non-hydrogen) atoms. The minimum absolute atomic E-state index is 0. The molecule has 4 rings (SSSR count). The summed E-state index contributed by atoms with van der Waals surface area (Å²) in [5.74, 6) is 0.325. The Balaban J connectivity index is 0.00000324. The SMILES string of the molecule is CC(=O)N1CCC(Nc2cc(C(=O)NC[C@H](O)CN3CCc4cccnc4C3)ncn2)CC1.S. The number of piperidine rings is 1. The molecule has 0 bridgehead atoms. The topological polar surface area (TPSA) is 124 Å². The quantitative estimate of drug-likeness (QED) is 0.518. The summed E-state index contributed by atoms with van der Waals surface area (Å²) in [7, 11) is 0. The van der Waals surface area contributed by atoms with Crippen LogP contribution in [0.3, 0.4) is 0 Å². The van der Waals surface area contributed by atoms with E-state index in [4.69, 9.17) is 0 Å². The first-order valence-electron chi connectivity index (χ1n) is 11.4. The van der Waals surface area contributed by atoms with Crippen LogP contribution in [0.15, 0.2) is 30.7 Å². The number of pyridine rings is 1. The summed E-state index contributed by atoms with van der Waals surface area (Å²) in [6.07, 6.45) is 5.02.